The number of carbonyl (C=O) groups is 1. The third-order valence-electron chi connectivity index (χ3n) is 7.29. The molecule has 2 atom stereocenters. The minimum atomic E-state index is -3.85. The number of carbonyl (C=O) groups excluding carboxylic acids is 1. The van der Waals surface area contributed by atoms with E-state index in [2.05, 4.69) is 15.3 Å². The SMILES string of the molecule is Cc1nc(N[C@H](C)c2cccc(C(F)(F)C(C)(O)CN(C)C)c2F)c2cc3c(cc2n1)C(C)(C)C(=O)N3C. The van der Waals surface area contributed by atoms with Crippen molar-refractivity contribution >= 4 is 28.3 Å². The van der Waals surface area contributed by atoms with Gasteiger partial charge in [0.2, 0.25) is 5.91 Å². The Labute approximate surface area is 220 Å². The van der Waals surface area contributed by atoms with Crippen molar-refractivity contribution in [2.45, 2.75) is 57.6 Å². The van der Waals surface area contributed by atoms with Crippen molar-refractivity contribution in [2.24, 2.45) is 0 Å². The molecule has 0 radical (unpaired) electrons. The number of fused-ring (bicyclic) bond motifs is 2. The summed E-state index contributed by atoms with van der Waals surface area (Å²) in [7, 11) is 4.82. The zero-order valence-corrected chi connectivity index (χ0v) is 22.9. The monoisotopic (exact) mass is 529 g/mol. The van der Waals surface area contributed by atoms with E-state index >= 15 is 13.2 Å². The Hall–Kier alpha value is -3.24. The van der Waals surface area contributed by atoms with Crippen LogP contribution in [0.5, 0.6) is 0 Å². The largest absolute Gasteiger partial charge is 0.382 e. The number of hydrogen-bond acceptors (Lipinski definition) is 6. The lowest BCUT2D eigenvalue weighted by molar-refractivity contribution is -0.186. The van der Waals surface area contributed by atoms with Crippen molar-refractivity contribution in [3.63, 3.8) is 0 Å². The number of anilines is 2. The van der Waals surface area contributed by atoms with Crippen molar-refractivity contribution in [3.05, 3.63) is 58.7 Å². The van der Waals surface area contributed by atoms with Crippen LogP contribution in [0.2, 0.25) is 0 Å². The molecule has 0 spiro atoms. The Morgan fingerprint density at radius 1 is 1.21 bits per heavy atom. The van der Waals surface area contributed by atoms with Crippen molar-refractivity contribution in [2.75, 3.05) is 37.9 Å². The first kappa shape index (κ1) is 27.8. The molecule has 2 N–H and O–H groups in total. The van der Waals surface area contributed by atoms with Crippen molar-refractivity contribution < 1.29 is 23.1 Å². The summed E-state index contributed by atoms with van der Waals surface area (Å²) in [5.41, 5.74) is -1.89. The number of hydrogen-bond donors (Lipinski definition) is 2. The number of rotatable bonds is 7. The molecule has 1 aromatic heterocycles. The second-order valence-electron chi connectivity index (χ2n) is 11.2. The second-order valence-corrected chi connectivity index (χ2v) is 11.2. The molecule has 0 aliphatic carbocycles. The van der Waals surface area contributed by atoms with E-state index in [-0.39, 0.29) is 18.0 Å². The Bertz CT molecular complexity index is 1420. The van der Waals surface area contributed by atoms with E-state index in [1.54, 1.807) is 39.9 Å². The molecule has 1 aliphatic heterocycles. The topological polar surface area (TPSA) is 81.6 Å². The molecule has 7 nitrogen and oxygen atoms in total. The highest BCUT2D eigenvalue weighted by Crippen LogP contribution is 2.44. The van der Waals surface area contributed by atoms with E-state index in [0.29, 0.717) is 22.5 Å². The Morgan fingerprint density at radius 3 is 2.50 bits per heavy atom. The highest BCUT2D eigenvalue weighted by molar-refractivity contribution is 6.10. The molecule has 3 aromatic rings. The smallest absolute Gasteiger partial charge is 0.305 e. The molecule has 204 valence electrons. The minimum absolute atomic E-state index is 0.00170. The number of alkyl halides is 2. The van der Waals surface area contributed by atoms with Gasteiger partial charge in [-0.25, -0.2) is 14.4 Å². The van der Waals surface area contributed by atoms with Crippen molar-refractivity contribution in [3.8, 4) is 0 Å². The Kier molecular flexibility index (Phi) is 6.73. The summed E-state index contributed by atoms with van der Waals surface area (Å²) in [5.74, 6) is -4.13. The summed E-state index contributed by atoms with van der Waals surface area (Å²) in [6.45, 7) is 7.73. The number of nitrogens with one attached hydrogen (secondary N) is 1. The number of nitrogens with zero attached hydrogens (tertiary/aromatic N) is 4. The third-order valence-corrected chi connectivity index (χ3v) is 7.29. The number of benzene rings is 2. The van der Waals surface area contributed by atoms with Gasteiger partial charge in [0, 0.05) is 30.2 Å². The summed E-state index contributed by atoms with van der Waals surface area (Å²) in [6, 6.07) is 6.71. The van der Waals surface area contributed by atoms with Gasteiger partial charge in [-0.15, -0.1) is 0 Å². The average molecular weight is 530 g/mol. The van der Waals surface area contributed by atoms with Gasteiger partial charge in [0.15, 0.2) is 0 Å². The summed E-state index contributed by atoms with van der Waals surface area (Å²) in [5, 5.41) is 14.3. The van der Waals surface area contributed by atoms with Crippen LogP contribution < -0.4 is 10.2 Å². The van der Waals surface area contributed by atoms with Gasteiger partial charge in [-0.2, -0.15) is 8.78 Å². The lowest BCUT2D eigenvalue weighted by atomic mass is 9.85. The fourth-order valence-corrected chi connectivity index (χ4v) is 5.23. The zero-order valence-electron chi connectivity index (χ0n) is 22.9. The van der Waals surface area contributed by atoms with Crippen molar-refractivity contribution in [1.29, 1.82) is 0 Å². The van der Waals surface area contributed by atoms with Crippen LogP contribution in [0.3, 0.4) is 0 Å². The predicted octanol–water partition coefficient (Wildman–Crippen LogP) is 4.91. The molecule has 10 heteroatoms. The van der Waals surface area contributed by atoms with E-state index < -0.39 is 34.4 Å². The van der Waals surface area contributed by atoms with Crippen LogP contribution >= 0.6 is 0 Å². The van der Waals surface area contributed by atoms with Gasteiger partial charge in [0.05, 0.1) is 22.5 Å². The maximum absolute atomic E-state index is 15.6. The lowest BCUT2D eigenvalue weighted by Crippen LogP contribution is -2.50. The van der Waals surface area contributed by atoms with E-state index in [1.807, 2.05) is 26.0 Å². The number of aliphatic hydroxyl groups is 1. The quantitative estimate of drug-likeness (QED) is 0.453. The fraction of sp³-hybridized carbons (Fsp3) is 0.464. The number of aromatic nitrogens is 2. The third kappa shape index (κ3) is 4.39. The molecule has 1 aliphatic rings. The van der Waals surface area contributed by atoms with Crippen LogP contribution in [-0.4, -0.2) is 59.2 Å². The average Bonchev–Trinajstić information content (AvgIpc) is 2.96. The van der Waals surface area contributed by atoms with E-state index in [4.69, 9.17) is 0 Å². The van der Waals surface area contributed by atoms with Gasteiger partial charge in [-0.3, -0.25) is 4.79 Å². The number of aryl methyl sites for hydroxylation is 1. The predicted molar refractivity (Wildman–Crippen MR) is 142 cm³/mol. The lowest BCUT2D eigenvalue weighted by Gasteiger charge is -2.35. The minimum Gasteiger partial charge on any atom is -0.382 e. The van der Waals surface area contributed by atoms with Gasteiger partial charge < -0.3 is 20.2 Å². The molecular weight excluding hydrogens is 495 g/mol. The molecule has 2 heterocycles. The summed E-state index contributed by atoms with van der Waals surface area (Å²) >= 11 is 0. The molecule has 0 saturated carbocycles. The molecule has 1 unspecified atom stereocenters. The Morgan fingerprint density at radius 2 is 1.87 bits per heavy atom. The molecule has 2 aromatic carbocycles. The summed E-state index contributed by atoms with van der Waals surface area (Å²) in [6.07, 6.45) is 0. The first-order chi connectivity index (χ1) is 17.5. The first-order valence-corrected chi connectivity index (χ1v) is 12.4. The van der Waals surface area contributed by atoms with E-state index in [9.17, 15) is 9.90 Å². The molecular formula is C28H34F3N5O2. The molecule has 4 rings (SSSR count). The van der Waals surface area contributed by atoms with Crippen molar-refractivity contribution in [1.82, 2.24) is 14.9 Å². The zero-order chi connectivity index (χ0) is 28.4. The first-order valence-electron chi connectivity index (χ1n) is 12.4. The number of halogens is 3. The number of amides is 1. The standard InChI is InChI=1S/C28H34F3N5O2/c1-15(17-10-9-11-19(23(17)29)28(30,31)27(5,38)14-35(6)7)32-24-18-12-22-20(13-21(18)33-16(2)34-24)26(3,4)25(37)36(22)8/h9-13,15,38H,14H2,1-8H3,(H,32,33,34)/t15-,27?/m1/s1. The second kappa shape index (κ2) is 9.20. The molecule has 0 fully saturated rings. The van der Waals surface area contributed by atoms with Crippen LogP contribution in [0, 0.1) is 12.7 Å². The summed E-state index contributed by atoms with van der Waals surface area (Å²) < 4.78 is 46.3. The van der Waals surface area contributed by atoms with E-state index in [1.165, 1.54) is 17.0 Å². The highest BCUT2D eigenvalue weighted by atomic mass is 19.3. The van der Waals surface area contributed by atoms with Gasteiger partial charge >= 0.3 is 5.92 Å². The maximum atomic E-state index is 15.6. The normalized spacial score (nSPS) is 17.6. The van der Waals surface area contributed by atoms with Gasteiger partial charge in [-0.1, -0.05) is 12.1 Å². The highest BCUT2D eigenvalue weighted by Gasteiger charge is 2.52. The fourth-order valence-electron chi connectivity index (χ4n) is 5.23. The number of likely N-dealkylation sites (N-methyl/N-ethyl adjacent to an activating group) is 2. The van der Waals surface area contributed by atoms with Gasteiger partial charge in [0.1, 0.15) is 23.1 Å². The van der Waals surface area contributed by atoms with Crippen LogP contribution in [0.4, 0.5) is 24.7 Å². The summed E-state index contributed by atoms with van der Waals surface area (Å²) in [4.78, 5) is 24.9. The van der Waals surface area contributed by atoms with Crippen LogP contribution in [-0.2, 0) is 16.1 Å². The Balaban J connectivity index is 1.75. The maximum Gasteiger partial charge on any atom is 0.305 e. The molecule has 1 amide bonds. The molecule has 0 saturated heterocycles. The molecule has 0 bridgehead atoms. The van der Waals surface area contributed by atoms with Gasteiger partial charge in [-0.05, 0) is 72.5 Å². The van der Waals surface area contributed by atoms with Gasteiger partial charge in [0.25, 0.3) is 0 Å². The van der Waals surface area contributed by atoms with Crippen LogP contribution in [0.1, 0.15) is 56.3 Å². The van der Waals surface area contributed by atoms with Crippen LogP contribution in [0.25, 0.3) is 10.9 Å². The molecule has 38 heavy (non-hydrogen) atoms. The van der Waals surface area contributed by atoms with E-state index in [0.717, 1.165) is 24.2 Å². The van der Waals surface area contributed by atoms with Crippen LogP contribution in [0.15, 0.2) is 30.3 Å².